The molecule has 0 amide bonds. The van der Waals surface area contributed by atoms with E-state index in [1.54, 1.807) is 0 Å². The van der Waals surface area contributed by atoms with Crippen molar-refractivity contribution in [3.05, 3.63) is 0 Å². The fourth-order valence-corrected chi connectivity index (χ4v) is 2.25. The molecule has 1 aliphatic rings. The van der Waals surface area contributed by atoms with Crippen LogP contribution >= 0.6 is 0 Å². The van der Waals surface area contributed by atoms with Crippen molar-refractivity contribution in [2.24, 2.45) is 16.3 Å². The lowest BCUT2D eigenvalue weighted by atomic mass is 9.87. The molecule has 1 heterocycles. The predicted molar refractivity (Wildman–Crippen MR) is 68.1 cm³/mol. The van der Waals surface area contributed by atoms with Gasteiger partial charge in [0.05, 0.1) is 6.61 Å². The Labute approximate surface area is 103 Å². The van der Waals surface area contributed by atoms with Gasteiger partial charge >= 0.3 is 0 Å². The molecule has 17 heavy (non-hydrogen) atoms. The van der Waals surface area contributed by atoms with Gasteiger partial charge in [-0.3, -0.25) is 4.90 Å². The molecule has 1 rings (SSSR count). The Morgan fingerprint density at radius 2 is 2.18 bits per heavy atom. The van der Waals surface area contributed by atoms with Gasteiger partial charge in [-0.05, 0) is 32.4 Å². The number of hydrogen-bond acceptors (Lipinski definition) is 4. The second-order valence-corrected chi connectivity index (χ2v) is 5.49. The van der Waals surface area contributed by atoms with Gasteiger partial charge in [-0.15, -0.1) is 0 Å². The summed E-state index contributed by atoms with van der Waals surface area (Å²) >= 11 is 0. The first kappa shape index (κ1) is 14.3. The van der Waals surface area contributed by atoms with E-state index in [1.165, 1.54) is 12.8 Å². The van der Waals surface area contributed by atoms with E-state index in [4.69, 9.17) is 10.9 Å². The summed E-state index contributed by atoms with van der Waals surface area (Å²) in [5, 5.41) is 21.1. The Morgan fingerprint density at radius 1 is 1.47 bits per heavy atom. The zero-order valence-electron chi connectivity index (χ0n) is 10.9. The van der Waals surface area contributed by atoms with Crippen molar-refractivity contribution >= 4 is 5.84 Å². The van der Waals surface area contributed by atoms with Crippen LogP contribution in [0, 0.1) is 5.41 Å². The summed E-state index contributed by atoms with van der Waals surface area (Å²) in [5.74, 6) is 0.273. The first-order valence-corrected chi connectivity index (χ1v) is 6.34. The minimum Gasteiger partial charge on any atom is -0.409 e. The SMILES string of the molecule is CC(C)(CCN1CCCCC1CO)C(N)=NO. The number of hydrogen-bond donors (Lipinski definition) is 3. The van der Waals surface area contributed by atoms with Gasteiger partial charge < -0.3 is 16.0 Å². The number of likely N-dealkylation sites (tertiary alicyclic amines) is 1. The Hall–Kier alpha value is -0.810. The van der Waals surface area contributed by atoms with Gasteiger partial charge in [0.1, 0.15) is 5.84 Å². The van der Waals surface area contributed by atoms with E-state index >= 15 is 0 Å². The number of nitrogens with two attached hydrogens (primary N) is 1. The minimum absolute atomic E-state index is 0.226. The van der Waals surface area contributed by atoms with Crippen LogP contribution in [0.5, 0.6) is 0 Å². The standard InChI is InChI=1S/C12H25N3O2/c1-12(2,11(13)14-17)6-8-15-7-4-3-5-10(15)9-16/h10,16-17H,3-9H2,1-2H3,(H2,13,14). The zero-order chi connectivity index (χ0) is 12.9. The Morgan fingerprint density at radius 3 is 2.76 bits per heavy atom. The highest BCUT2D eigenvalue weighted by Crippen LogP contribution is 2.24. The monoisotopic (exact) mass is 243 g/mol. The number of oxime groups is 1. The maximum Gasteiger partial charge on any atom is 0.144 e. The van der Waals surface area contributed by atoms with Crippen molar-refractivity contribution < 1.29 is 10.3 Å². The largest absolute Gasteiger partial charge is 0.409 e. The summed E-state index contributed by atoms with van der Waals surface area (Å²) in [4.78, 5) is 2.32. The van der Waals surface area contributed by atoms with Crippen molar-refractivity contribution in [3.63, 3.8) is 0 Å². The van der Waals surface area contributed by atoms with E-state index in [9.17, 15) is 5.11 Å². The molecule has 0 bridgehead atoms. The third kappa shape index (κ3) is 3.85. The number of rotatable bonds is 5. The highest BCUT2D eigenvalue weighted by molar-refractivity contribution is 5.85. The van der Waals surface area contributed by atoms with E-state index in [1.807, 2.05) is 13.8 Å². The lowest BCUT2D eigenvalue weighted by Crippen LogP contribution is -2.44. The first-order valence-electron chi connectivity index (χ1n) is 6.34. The molecule has 1 aliphatic heterocycles. The molecule has 0 spiro atoms. The highest BCUT2D eigenvalue weighted by Gasteiger charge is 2.27. The van der Waals surface area contributed by atoms with Gasteiger partial charge in [0.2, 0.25) is 0 Å². The summed E-state index contributed by atoms with van der Waals surface area (Å²) < 4.78 is 0. The molecule has 1 unspecified atom stereocenters. The van der Waals surface area contributed by atoms with Crippen LogP contribution in [-0.4, -0.2) is 46.8 Å². The van der Waals surface area contributed by atoms with Crippen molar-refractivity contribution in [1.82, 2.24) is 4.90 Å². The fourth-order valence-electron chi connectivity index (χ4n) is 2.25. The second kappa shape index (κ2) is 6.21. The van der Waals surface area contributed by atoms with Crippen molar-refractivity contribution in [1.29, 1.82) is 0 Å². The number of aliphatic hydroxyl groups excluding tert-OH is 1. The van der Waals surface area contributed by atoms with Crippen LogP contribution in [0.4, 0.5) is 0 Å². The van der Waals surface area contributed by atoms with Crippen LogP contribution in [-0.2, 0) is 0 Å². The van der Waals surface area contributed by atoms with Gasteiger partial charge in [0, 0.05) is 11.5 Å². The van der Waals surface area contributed by atoms with E-state index in [0.717, 1.165) is 25.9 Å². The topological polar surface area (TPSA) is 82.1 Å². The molecule has 0 aromatic rings. The minimum atomic E-state index is -0.299. The Balaban J connectivity index is 2.48. The van der Waals surface area contributed by atoms with Crippen LogP contribution in [0.2, 0.25) is 0 Å². The summed E-state index contributed by atoms with van der Waals surface area (Å²) in [6, 6.07) is 0.284. The van der Waals surface area contributed by atoms with E-state index in [0.29, 0.717) is 0 Å². The summed E-state index contributed by atoms with van der Waals surface area (Å²) in [6.45, 7) is 6.09. The van der Waals surface area contributed by atoms with Crippen molar-refractivity contribution in [3.8, 4) is 0 Å². The lowest BCUT2D eigenvalue weighted by Gasteiger charge is -2.36. The Kier molecular flexibility index (Phi) is 5.21. The second-order valence-electron chi connectivity index (χ2n) is 5.49. The quantitative estimate of drug-likeness (QED) is 0.291. The van der Waals surface area contributed by atoms with E-state index in [-0.39, 0.29) is 23.9 Å². The number of nitrogens with zero attached hydrogens (tertiary/aromatic N) is 2. The maximum absolute atomic E-state index is 9.32. The lowest BCUT2D eigenvalue weighted by molar-refractivity contribution is 0.0833. The molecule has 0 radical (unpaired) electrons. The van der Waals surface area contributed by atoms with Crippen LogP contribution in [0.1, 0.15) is 39.5 Å². The highest BCUT2D eigenvalue weighted by atomic mass is 16.4. The smallest absolute Gasteiger partial charge is 0.144 e. The zero-order valence-corrected chi connectivity index (χ0v) is 10.9. The van der Waals surface area contributed by atoms with Gasteiger partial charge in [-0.25, -0.2) is 0 Å². The van der Waals surface area contributed by atoms with Gasteiger partial charge in [0.25, 0.3) is 0 Å². The first-order chi connectivity index (χ1) is 8.01. The molecule has 4 N–H and O–H groups in total. The van der Waals surface area contributed by atoms with Gasteiger partial charge in [0.15, 0.2) is 0 Å². The van der Waals surface area contributed by atoms with Crippen molar-refractivity contribution in [2.45, 2.75) is 45.6 Å². The van der Waals surface area contributed by atoms with E-state index in [2.05, 4.69) is 10.1 Å². The summed E-state index contributed by atoms with van der Waals surface area (Å²) in [6.07, 6.45) is 4.30. The van der Waals surface area contributed by atoms with Crippen molar-refractivity contribution in [2.75, 3.05) is 19.7 Å². The molecule has 5 nitrogen and oxygen atoms in total. The molecule has 1 atom stereocenters. The third-order valence-electron chi connectivity index (χ3n) is 3.78. The molecule has 0 aromatic carbocycles. The molecule has 1 fully saturated rings. The average molecular weight is 243 g/mol. The van der Waals surface area contributed by atoms with Gasteiger partial charge in [-0.1, -0.05) is 25.4 Å². The Bertz CT molecular complexity index is 266. The number of piperidine rings is 1. The predicted octanol–water partition coefficient (Wildman–Crippen LogP) is 0.996. The summed E-state index contributed by atoms with van der Waals surface area (Å²) in [7, 11) is 0. The van der Waals surface area contributed by atoms with Gasteiger partial charge in [-0.2, -0.15) is 0 Å². The van der Waals surface area contributed by atoms with Crippen LogP contribution < -0.4 is 5.73 Å². The molecule has 5 heteroatoms. The number of amidine groups is 1. The normalized spacial score (nSPS) is 23.9. The summed E-state index contributed by atoms with van der Waals surface area (Å²) in [5.41, 5.74) is 5.37. The van der Waals surface area contributed by atoms with Crippen LogP contribution in [0.3, 0.4) is 0 Å². The molecule has 100 valence electrons. The molecular weight excluding hydrogens is 218 g/mol. The number of aliphatic hydroxyl groups is 1. The molecule has 0 saturated carbocycles. The van der Waals surface area contributed by atoms with Crippen LogP contribution in [0.15, 0.2) is 5.16 Å². The molecular formula is C12H25N3O2. The molecule has 0 aliphatic carbocycles. The van der Waals surface area contributed by atoms with Crippen LogP contribution in [0.25, 0.3) is 0 Å². The molecule has 1 saturated heterocycles. The maximum atomic E-state index is 9.32. The average Bonchev–Trinajstić information content (AvgIpc) is 2.35. The fraction of sp³-hybridized carbons (Fsp3) is 0.917. The third-order valence-corrected chi connectivity index (χ3v) is 3.78. The van der Waals surface area contributed by atoms with E-state index < -0.39 is 0 Å². The molecule has 0 aromatic heterocycles.